The lowest BCUT2D eigenvalue weighted by atomic mass is 9.80. The van der Waals surface area contributed by atoms with E-state index in [0.717, 1.165) is 0 Å². The number of hydrogen-bond donors (Lipinski definition) is 0. The van der Waals surface area contributed by atoms with E-state index < -0.39 is 24.1 Å². The van der Waals surface area contributed by atoms with Gasteiger partial charge in [0.05, 0.1) is 25.1 Å². The number of amides is 1. The summed E-state index contributed by atoms with van der Waals surface area (Å²) < 4.78 is 43.4. The monoisotopic (exact) mass is 290 g/mol. The number of alkyl halides is 3. The van der Waals surface area contributed by atoms with Crippen LogP contribution in [-0.2, 0) is 9.53 Å². The van der Waals surface area contributed by atoms with Crippen molar-refractivity contribution < 1.29 is 22.7 Å². The van der Waals surface area contributed by atoms with Gasteiger partial charge in [0, 0.05) is 12.5 Å². The number of nitrogens with zero attached hydrogens (tertiary/aromatic N) is 2. The molecule has 0 aromatic rings. The van der Waals surface area contributed by atoms with E-state index in [9.17, 15) is 18.0 Å². The topological polar surface area (TPSA) is 53.3 Å². The molecule has 1 aliphatic heterocycles. The normalized spacial score (nSPS) is 31.7. The maximum Gasteiger partial charge on any atom is 0.391 e. The van der Waals surface area contributed by atoms with Gasteiger partial charge in [-0.15, -0.1) is 0 Å². The van der Waals surface area contributed by atoms with Crippen LogP contribution in [0.25, 0.3) is 0 Å². The van der Waals surface area contributed by atoms with Gasteiger partial charge in [-0.1, -0.05) is 6.42 Å². The highest BCUT2D eigenvalue weighted by Gasteiger charge is 2.44. The van der Waals surface area contributed by atoms with Crippen LogP contribution in [0.5, 0.6) is 0 Å². The summed E-state index contributed by atoms with van der Waals surface area (Å²) in [6.45, 7) is 0.770. The summed E-state index contributed by atoms with van der Waals surface area (Å²) in [6, 6.07) is 1.93. The van der Waals surface area contributed by atoms with Crippen LogP contribution in [0.15, 0.2) is 0 Å². The zero-order valence-electron chi connectivity index (χ0n) is 11.0. The Kier molecular flexibility index (Phi) is 4.53. The van der Waals surface area contributed by atoms with E-state index >= 15 is 0 Å². The molecule has 3 unspecified atom stereocenters. The molecule has 2 aliphatic rings. The summed E-state index contributed by atoms with van der Waals surface area (Å²) in [5.74, 6) is -2.21. The third kappa shape index (κ3) is 3.42. The molecule has 1 heterocycles. The van der Waals surface area contributed by atoms with Gasteiger partial charge in [0.2, 0.25) is 5.91 Å². The minimum atomic E-state index is -4.22. The fourth-order valence-electron chi connectivity index (χ4n) is 2.90. The van der Waals surface area contributed by atoms with Crippen molar-refractivity contribution in [2.75, 3.05) is 19.7 Å². The van der Waals surface area contributed by atoms with Gasteiger partial charge in [-0.25, -0.2) is 0 Å². The quantitative estimate of drug-likeness (QED) is 0.743. The lowest BCUT2D eigenvalue weighted by Crippen LogP contribution is -2.48. The minimum Gasteiger partial charge on any atom is -0.360 e. The molecule has 20 heavy (non-hydrogen) atoms. The maximum atomic E-state index is 12.7. The average molecular weight is 290 g/mol. The molecule has 2 fully saturated rings. The van der Waals surface area contributed by atoms with Crippen LogP contribution in [-0.4, -0.2) is 42.8 Å². The van der Waals surface area contributed by atoms with Gasteiger partial charge in [-0.05, 0) is 19.3 Å². The van der Waals surface area contributed by atoms with Gasteiger partial charge in [0.15, 0.2) is 6.10 Å². The molecule has 7 heteroatoms. The number of hydrogen-bond acceptors (Lipinski definition) is 3. The zero-order chi connectivity index (χ0) is 14.8. The Hall–Kier alpha value is -1.29. The van der Waals surface area contributed by atoms with Crippen LogP contribution in [0.1, 0.15) is 25.7 Å². The summed E-state index contributed by atoms with van der Waals surface area (Å²) >= 11 is 0. The first-order valence-electron chi connectivity index (χ1n) is 6.78. The highest BCUT2D eigenvalue weighted by atomic mass is 19.4. The third-order valence-corrected chi connectivity index (χ3v) is 4.01. The van der Waals surface area contributed by atoms with E-state index in [0.29, 0.717) is 19.4 Å². The summed E-state index contributed by atoms with van der Waals surface area (Å²) in [5, 5.41) is 8.79. The molecular formula is C13H17F3N2O2. The molecule has 0 aromatic carbocycles. The third-order valence-electron chi connectivity index (χ3n) is 4.01. The van der Waals surface area contributed by atoms with Gasteiger partial charge in [-0.2, -0.15) is 18.4 Å². The number of rotatable bonds is 1. The van der Waals surface area contributed by atoms with Crippen LogP contribution < -0.4 is 0 Å². The zero-order valence-corrected chi connectivity index (χ0v) is 11.0. The predicted octanol–water partition coefficient (Wildman–Crippen LogP) is 2.11. The number of morpholine rings is 1. The Morgan fingerprint density at radius 3 is 2.75 bits per heavy atom. The van der Waals surface area contributed by atoms with E-state index in [1.807, 2.05) is 6.07 Å². The number of nitriles is 1. The molecule has 4 nitrogen and oxygen atoms in total. The minimum absolute atomic E-state index is 0.108. The van der Waals surface area contributed by atoms with Crippen molar-refractivity contribution in [1.29, 1.82) is 5.26 Å². The Balaban J connectivity index is 1.97. The van der Waals surface area contributed by atoms with Gasteiger partial charge in [0.25, 0.3) is 0 Å². The van der Waals surface area contributed by atoms with Crippen LogP contribution in [0.2, 0.25) is 0 Å². The van der Waals surface area contributed by atoms with Crippen molar-refractivity contribution >= 4 is 5.91 Å². The molecule has 0 N–H and O–H groups in total. The summed E-state index contributed by atoms with van der Waals surface area (Å²) in [4.78, 5) is 13.8. The van der Waals surface area contributed by atoms with Crippen molar-refractivity contribution in [3.8, 4) is 6.07 Å². The SMILES string of the molecule is N#CC1CN(C(=O)C2CCCC(C(F)(F)F)C2)CCO1. The van der Waals surface area contributed by atoms with Gasteiger partial charge in [0.1, 0.15) is 0 Å². The Morgan fingerprint density at radius 1 is 1.35 bits per heavy atom. The van der Waals surface area contributed by atoms with Crippen molar-refractivity contribution in [1.82, 2.24) is 4.90 Å². The molecule has 0 bridgehead atoms. The first kappa shape index (κ1) is 15.1. The Labute approximate surface area is 115 Å². The van der Waals surface area contributed by atoms with Crippen molar-refractivity contribution in [3.05, 3.63) is 0 Å². The van der Waals surface area contributed by atoms with Gasteiger partial charge < -0.3 is 9.64 Å². The standard InChI is InChI=1S/C13H17F3N2O2/c14-13(15,16)10-3-1-2-9(6-10)12(19)18-4-5-20-11(7-17)8-18/h9-11H,1-6,8H2. The Morgan fingerprint density at radius 2 is 2.10 bits per heavy atom. The fraction of sp³-hybridized carbons (Fsp3) is 0.846. The largest absolute Gasteiger partial charge is 0.391 e. The highest BCUT2D eigenvalue weighted by Crippen LogP contribution is 2.40. The number of ether oxygens (including phenoxy) is 1. The van der Waals surface area contributed by atoms with Gasteiger partial charge in [-0.3, -0.25) is 4.79 Å². The van der Waals surface area contributed by atoms with E-state index in [4.69, 9.17) is 10.00 Å². The molecule has 3 atom stereocenters. The molecule has 0 spiro atoms. The number of halogens is 3. The second kappa shape index (κ2) is 6.00. The first-order valence-corrected chi connectivity index (χ1v) is 6.78. The second-order valence-electron chi connectivity index (χ2n) is 5.37. The van der Waals surface area contributed by atoms with Crippen molar-refractivity contribution in [2.24, 2.45) is 11.8 Å². The van der Waals surface area contributed by atoms with E-state index in [-0.39, 0.29) is 31.9 Å². The molecule has 0 aromatic heterocycles. The van der Waals surface area contributed by atoms with E-state index in [1.165, 1.54) is 4.90 Å². The van der Waals surface area contributed by atoms with Crippen molar-refractivity contribution in [2.45, 2.75) is 38.0 Å². The van der Waals surface area contributed by atoms with Crippen LogP contribution in [0.3, 0.4) is 0 Å². The smallest absolute Gasteiger partial charge is 0.360 e. The van der Waals surface area contributed by atoms with E-state index in [1.54, 1.807) is 0 Å². The first-order chi connectivity index (χ1) is 9.41. The van der Waals surface area contributed by atoms with Crippen LogP contribution in [0, 0.1) is 23.2 Å². The second-order valence-corrected chi connectivity index (χ2v) is 5.37. The molecule has 1 amide bonds. The summed E-state index contributed by atoms with van der Waals surface area (Å²) in [5.41, 5.74) is 0. The van der Waals surface area contributed by atoms with E-state index in [2.05, 4.69) is 0 Å². The fourth-order valence-corrected chi connectivity index (χ4v) is 2.90. The molecular weight excluding hydrogens is 273 g/mol. The molecule has 0 radical (unpaired) electrons. The van der Waals surface area contributed by atoms with Crippen molar-refractivity contribution in [3.63, 3.8) is 0 Å². The van der Waals surface area contributed by atoms with Crippen LogP contribution in [0.4, 0.5) is 13.2 Å². The van der Waals surface area contributed by atoms with Crippen LogP contribution >= 0.6 is 0 Å². The maximum absolute atomic E-state index is 12.7. The van der Waals surface area contributed by atoms with Gasteiger partial charge >= 0.3 is 6.18 Å². The lowest BCUT2D eigenvalue weighted by Gasteiger charge is -2.36. The highest BCUT2D eigenvalue weighted by molar-refractivity contribution is 5.79. The summed E-state index contributed by atoms with van der Waals surface area (Å²) in [7, 11) is 0. The lowest BCUT2D eigenvalue weighted by molar-refractivity contribution is -0.187. The summed E-state index contributed by atoms with van der Waals surface area (Å²) in [6.07, 6.45) is -3.99. The molecule has 1 saturated heterocycles. The number of carbonyl (C=O) groups excluding carboxylic acids is 1. The number of carbonyl (C=O) groups is 1. The molecule has 2 rings (SSSR count). The molecule has 112 valence electrons. The molecule has 1 aliphatic carbocycles. The predicted molar refractivity (Wildman–Crippen MR) is 63.4 cm³/mol. The average Bonchev–Trinajstić information content (AvgIpc) is 2.46. The molecule has 1 saturated carbocycles. The Bertz CT molecular complexity index is 405.